The molecule has 9 rings (SSSR count). The Balaban J connectivity index is 1.25. The van der Waals surface area contributed by atoms with Crippen molar-refractivity contribution in [2.45, 2.75) is 0 Å². The summed E-state index contributed by atoms with van der Waals surface area (Å²) in [4.78, 5) is 26.1. The largest absolute Gasteiger partial charge is 0.375 e. The second kappa shape index (κ2) is 10.1. The summed E-state index contributed by atoms with van der Waals surface area (Å²) < 4.78 is 5.69. The smallest absolute Gasteiger partial charge is 0.240 e. The Labute approximate surface area is 266 Å². The second-order valence-electron chi connectivity index (χ2n) is 11.0. The number of rotatable bonds is 8. The highest BCUT2D eigenvalue weighted by molar-refractivity contribution is 6.10. The molecule has 1 aliphatic heterocycles. The van der Waals surface area contributed by atoms with E-state index < -0.39 is 0 Å². The number of para-hydroxylation sites is 2. The van der Waals surface area contributed by atoms with Crippen molar-refractivity contribution in [2.24, 2.45) is 7.05 Å². The van der Waals surface area contributed by atoms with E-state index in [9.17, 15) is 0 Å². The number of allylic oxidation sites excluding steroid dienone is 1. The van der Waals surface area contributed by atoms with Gasteiger partial charge in [-0.2, -0.15) is 15.1 Å². The van der Waals surface area contributed by atoms with Gasteiger partial charge in [0, 0.05) is 37.1 Å². The van der Waals surface area contributed by atoms with Crippen LogP contribution in [0.2, 0.25) is 0 Å². The van der Waals surface area contributed by atoms with Crippen LogP contribution in [-0.2, 0) is 7.05 Å². The minimum absolute atomic E-state index is 0.471. The summed E-state index contributed by atoms with van der Waals surface area (Å²) in [5.41, 5.74) is 6.23. The molecule has 0 unspecified atom stereocenters. The van der Waals surface area contributed by atoms with Crippen LogP contribution < -0.4 is 26.2 Å². The fraction of sp³-hybridized carbons (Fsp3) is 0.0938. The normalized spacial score (nSPS) is 13.1. The molecule has 0 spiro atoms. The van der Waals surface area contributed by atoms with Gasteiger partial charge in [-0.15, -0.1) is 0 Å². The highest BCUT2D eigenvalue weighted by Gasteiger charge is 2.29. The van der Waals surface area contributed by atoms with Crippen molar-refractivity contribution in [2.75, 3.05) is 34.6 Å². The minimum Gasteiger partial charge on any atom is -0.375 e. The lowest BCUT2D eigenvalue weighted by molar-refractivity contribution is 0.776. The number of anilines is 6. The number of nitrogens with one attached hydrogen (secondary N) is 5. The maximum atomic E-state index is 7.54. The van der Waals surface area contributed by atoms with Crippen LogP contribution in [0.25, 0.3) is 44.7 Å². The molecule has 0 saturated carbocycles. The third-order valence-corrected chi connectivity index (χ3v) is 8.45. The van der Waals surface area contributed by atoms with E-state index in [2.05, 4.69) is 65.5 Å². The summed E-state index contributed by atoms with van der Waals surface area (Å²) in [6, 6.07) is 18.1. The zero-order chi connectivity index (χ0) is 31.6. The zero-order valence-electron chi connectivity index (χ0n) is 25.3. The van der Waals surface area contributed by atoms with Gasteiger partial charge >= 0.3 is 0 Å². The van der Waals surface area contributed by atoms with Crippen LogP contribution in [0.5, 0.6) is 0 Å². The SMILES string of the molecule is CN/C(=C\C=N)Nc1cccc2ncn(-c3nc4ncnc5nc(N6CNc7cccc(Nc8ccnn8C)c76)c6ccc3c6n54)c12. The van der Waals surface area contributed by atoms with Crippen molar-refractivity contribution in [3.63, 3.8) is 0 Å². The number of aromatic nitrogens is 9. The summed E-state index contributed by atoms with van der Waals surface area (Å²) in [7, 11) is 3.71. The van der Waals surface area contributed by atoms with E-state index in [1.807, 2.05) is 46.3 Å². The van der Waals surface area contributed by atoms with Gasteiger partial charge in [-0.3, -0.25) is 9.25 Å². The van der Waals surface area contributed by atoms with Gasteiger partial charge in [-0.25, -0.2) is 19.4 Å². The molecular formula is C32H27N15. The first-order chi connectivity index (χ1) is 23.1. The molecule has 15 heteroatoms. The number of hydrogen-bond acceptors (Lipinski definition) is 12. The number of benzene rings is 2. The first-order valence-electron chi connectivity index (χ1n) is 14.9. The minimum atomic E-state index is 0.471. The number of aryl methyl sites for hydroxylation is 1. The van der Waals surface area contributed by atoms with Crippen molar-refractivity contribution in [1.82, 2.24) is 49.0 Å². The average Bonchev–Trinajstić information content (AvgIpc) is 3.90. The Bertz CT molecular complexity index is 2520. The molecule has 0 fully saturated rings. The lowest BCUT2D eigenvalue weighted by atomic mass is 10.2. The summed E-state index contributed by atoms with van der Waals surface area (Å²) >= 11 is 0. The first kappa shape index (κ1) is 26.6. The van der Waals surface area contributed by atoms with Gasteiger partial charge in [0.2, 0.25) is 11.6 Å². The summed E-state index contributed by atoms with van der Waals surface area (Å²) in [6.45, 7) is 0.523. The topological polar surface area (TPSA) is 167 Å². The van der Waals surface area contributed by atoms with Gasteiger partial charge < -0.3 is 31.6 Å². The lowest BCUT2D eigenvalue weighted by Crippen LogP contribution is -2.20. The second-order valence-corrected chi connectivity index (χ2v) is 11.0. The monoisotopic (exact) mass is 621 g/mol. The van der Waals surface area contributed by atoms with Crippen LogP contribution in [0.4, 0.5) is 34.4 Å². The van der Waals surface area contributed by atoms with Gasteiger partial charge in [0.05, 0.1) is 52.2 Å². The molecule has 47 heavy (non-hydrogen) atoms. The average molecular weight is 622 g/mol. The molecule has 0 atom stereocenters. The molecule has 3 aromatic carbocycles. The molecule has 5 aromatic heterocycles. The van der Waals surface area contributed by atoms with E-state index in [0.717, 1.165) is 61.7 Å². The molecular weight excluding hydrogens is 594 g/mol. The highest BCUT2D eigenvalue weighted by atomic mass is 15.4. The Kier molecular flexibility index (Phi) is 5.74. The third-order valence-electron chi connectivity index (χ3n) is 8.45. The van der Waals surface area contributed by atoms with Crippen LogP contribution in [0, 0.1) is 5.41 Å². The Morgan fingerprint density at radius 1 is 0.915 bits per heavy atom. The van der Waals surface area contributed by atoms with Gasteiger partial charge in [0.15, 0.2) is 5.82 Å². The summed E-state index contributed by atoms with van der Waals surface area (Å²) in [5, 5.41) is 27.2. The van der Waals surface area contributed by atoms with Crippen LogP contribution >= 0.6 is 0 Å². The van der Waals surface area contributed by atoms with Crippen LogP contribution in [-0.4, -0.2) is 63.6 Å². The Morgan fingerprint density at radius 2 is 1.70 bits per heavy atom. The van der Waals surface area contributed by atoms with Gasteiger partial charge in [0.1, 0.15) is 30.1 Å². The first-order valence-corrected chi connectivity index (χ1v) is 14.9. The van der Waals surface area contributed by atoms with Crippen molar-refractivity contribution in [1.29, 1.82) is 5.41 Å². The number of hydrogen-bond donors (Lipinski definition) is 5. The molecule has 8 aromatic rings. The van der Waals surface area contributed by atoms with Crippen LogP contribution in [0.15, 0.2) is 85.3 Å². The van der Waals surface area contributed by atoms with Gasteiger partial charge in [-0.05, 0) is 42.5 Å². The van der Waals surface area contributed by atoms with Crippen molar-refractivity contribution in [3.05, 3.63) is 85.3 Å². The third kappa shape index (κ3) is 3.96. The molecule has 5 N–H and O–H groups in total. The maximum absolute atomic E-state index is 7.54. The van der Waals surface area contributed by atoms with Crippen molar-refractivity contribution >= 4 is 79.5 Å². The lowest BCUT2D eigenvalue weighted by Gasteiger charge is -2.22. The number of fused-ring (bicyclic) bond motifs is 2. The molecule has 0 amide bonds. The van der Waals surface area contributed by atoms with Crippen molar-refractivity contribution in [3.8, 4) is 5.82 Å². The molecule has 15 nitrogen and oxygen atoms in total. The van der Waals surface area contributed by atoms with Crippen molar-refractivity contribution < 1.29 is 0 Å². The molecule has 230 valence electrons. The summed E-state index contributed by atoms with van der Waals surface area (Å²) in [5.74, 6) is 3.94. The van der Waals surface area contributed by atoms with E-state index in [1.165, 1.54) is 12.5 Å². The van der Waals surface area contributed by atoms with Gasteiger partial charge in [0.25, 0.3) is 0 Å². The van der Waals surface area contributed by atoms with Crippen LogP contribution in [0.3, 0.4) is 0 Å². The molecule has 0 aliphatic carbocycles. The number of imidazole rings is 1. The standard InChI is InChI=1S/C32H27N15/c1-34-24(11-13-33)40-22-7-3-5-20-27(22)45(16-37-20)29-18-9-10-19-26(18)47-31(42-29)35-15-36-32(47)43-30(19)46-17-38-21-6-4-8-23(28(21)46)41-25-12-14-39-44(25)2/h3-16,33-34,38,40-41H,17H2,1-2H3/b24-11+,33-13?. The molecule has 0 saturated heterocycles. The Hall–Kier alpha value is -6.77. The zero-order valence-corrected chi connectivity index (χ0v) is 25.3. The molecule has 0 bridgehead atoms. The fourth-order valence-electron chi connectivity index (χ4n) is 6.35. The van der Waals surface area contributed by atoms with Crippen LogP contribution in [0.1, 0.15) is 0 Å². The van der Waals surface area contributed by atoms with E-state index in [-0.39, 0.29) is 0 Å². The predicted molar refractivity (Wildman–Crippen MR) is 183 cm³/mol. The Morgan fingerprint density at radius 3 is 2.49 bits per heavy atom. The fourth-order valence-corrected chi connectivity index (χ4v) is 6.35. The molecule has 1 aliphatic rings. The predicted octanol–water partition coefficient (Wildman–Crippen LogP) is 4.72. The van der Waals surface area contributed by atoms with E-state index in [1.54, 1.807) is 30.3 Å². The van der Waals surface area contributed by atoms with Gasteiger partial charge in [-0.1, -0.05) is 12.1 Å². The number of nitrogens with zero attached hydrogens (tertiary/aromatic N) is 10. The van der Waals surface area contributed by atoms with E-state index in [0.29, 0.717) is 29.9 Å². The quantitative estimate of drug-likeness (QED) is 0.149. The van der Waals surface area contributed by atoms with E-state index >= 15 is 0 Å². The highest BCUT2D eigenvalue weighted by Crippen LogP contribution is 2.46. The molecule has 0 radical (unpaired) electrons. The molecule has 6 heterocycles. The van der Waals surface area contributed by atoms with E-state index in [4.69, 9.17) is 20.4 Å². The maximum Gasteiger partial charge on any atom is 0.240 e. The summed E-state index contributed by atoms with van der Waals surface area (Å²) in [6.07, 6.45) is 7.92.